The Morgan fingerprint density at radius 2 is 1.93 bits per heavy atom. The highest BCUT2D eigenvalue weighted by Gasteiger charge is 2.14. The van der Waals surface area contributed by atoms with Crippen LogP contribution in [0.2, 0.25) is 0 Å². The fraction of sp³-hybridized carbons (Fsp3) is 0.500. The predicted octanol–water partition coefficient (Wildman–Crippen LogP) is 1.14. The van der Waals surface area contributed by atoms with Gasteiger partial charge in [-0.05, 0) is 25.7 Å². The summed E-state index contributed by atoms with van der Waals surface area (Å²) in [6.45, 7) is 0. The van der Waals surface area contributed by atoms with Gasteiger partial charge in [-0.3, -0.25) is 4.79 Å². The van der Waals surface area contributed by atoms with Gasteiger partial charge in [0.2, 0.25) is 0 Å². The maximum Gasteiger partial charge on any atom is 0.194 e. The highest BCUT2D eigenvalue weighted by molar-refractivity contribution is 5.70. The number of nitrogens with zero attached hydrogens (tertiary/aromatic N) is 2. The van der Waals surface area contributed by atoms with E-state index in [9.17, 15) is 4.79 Å². The number of rotatable bonds is 1. The third kappa shape index (κ3) is 1.60. The van der Waals surface area contributed by atoms with E-state index in [-0.39, 0.29) is 5.82 Å². The Balaban J connectivity index is 2.48. The van der Waals surface area contributed by atoms with Crippen LogP contribution in [0, 0.1) is 0 Å². The molecule has 0 aromatic carbocycles. The summed E-state index contributed by atoms with van der Waals surface area (Å²) >= 11 is 0. The van der Waals surface area contributed by atoms with Crippen molar-refractivity contribution in [2.45, 2.75) is 32.1 Å². The normalized spacial score (nSPS) is 15.7. The number of hydrogen-bond donors (Lipinski definition) is 1. The molecule has 0 saturated heterocycles. The lowest BCUT2D eigenvalue weighted by molar-refractivity contribution is 0.111. The van der Waals surface area contributed by atoms with Gasteiger partial charge in [0.25, 0.3) is 0 Å². The molecule has 0 unspecified atom stereocenters. The molecular formula is C10H13N3O. The number of carbonyl (C=O) groups is 1. The fourth-order valence-electron chi connectivity index (χ4n) is 1.87. The first kappa shape index (κ1) is 9.12. The van der Waals surface area contributed by atoms with E-state index in [1.54, 1.807) is 0 Å². The number of carbonyl (C=O) groups excluding carboxylic acids is 1. The molecular weight excluding hydrogens is 178 g/mol. The van der Waals surface area contributed by atoms with Crippen LogP contribution in [-0.4, -0.2) is 16.3 Å². The molecule has 0 aliphatic heterocycles. The van der Waals surface area contributed by atoms with Crippen LogP contribution in [0.25, 0.3) is 0 Å². The summed E-state index contributed by atoms with van der Waals surface area (Å²) < 4.78 is 0. The molecule has 1 aromatic rings. The molecule has 0 radical (unpaired) electrons. The van der Waals surface area contributed by atoms with Crippen LogP contribution >= 0.6 is 0 Å². The zero-order chi connectivity index (χ0) is 9.97. The first-order valence-electron chi connectivity index (χ1n) is 4.91. The van der Waals surface area contributed by atoms with E-state index in [1.807, 2.05) is 0 Å². The molecule has 1 aliphatic rings. The molecule has 2 rings (SSSR count). The van der Waals surface area contributed by atoms with Gasteiger partial charge in [-0.1, -0.05) is 6.42 Å². The average Bonchev–Trinajstić information content (AvgIpc) is 2.42. The van der Waals surface area contributed by atoms with Gasteiger partial charge in [-0.2, -0.15) is 0 Å². The van der Waals surface area contributed by atoms with Crippen LogP contribution in [0.3, 0.4) is 0 Å². The minimum atomic E-state index is 0.211. The lowest BCUT2D eigenvalue weighted by Gasteiger charge is -2.07. The zero-order valence-corrected chi connectivity index (χ0v) is 7.99. The van der Waals surface area contributed by atoms with Gasteiger partial charge in [-0.25, -0.2) is 9.97 Å². The van der Waals surface area contributed by atoms with Crippen molar-refractivity contribution in [3.8, 4) is 0 Å². The summed E-state index contributed by atoms with van der Waals surface area (Å²) in [7, 11) is 0. The first-order chi connectivity index (χ1) is 6.81. The summed E-state index contributed by atoms with van der Waals surface area (Å²) in [5, 5.41) is 0. The zero-order valence-electron chi connectivity index (χ0n) is 7.99. The Morgan fingerprint density at radius 1 is 1.14 bits per heavy atom. The van der Waals surface area contributed by atoms with Gasteiger partial charge in [0.1, 0.15) is 5.82 Å². The van der Waals surface area contributed by atoms with Gasteiger partial charge in [0, 0.05) is 11.3 Å². The molecule has 0 bridgehead atoms. The Morgan fingerprint density at radius 3 is 2.71 bits per heavy atom. The molecule has 74 valence electrons. The molecule has 4 heteroatoms. The van der Waals surface area contributed by atoms with E-state index >= 15 is 0 Å². The van der Waals surface area contributed by atoms with E-state index in [1.165, 1.54) is 6.42 Å². The molecule has 14 heavy (non-hydrogen) atoms. The molecule has 0 fully saturated rings. The number of hydrogen-bond acceptors (Lipinski definition) is 4. The molecule has 0 amide bonds. The molecule has 0 saturated carbocycles. The van der Waals surface area contributed by atoms with E-state index in [4.69, 9.17) is 5.73 Å². The van der Waals surface area contributed by atoms with Gasteiger partial charge in [-0.15, -0.1) is 0 Å². The Kier molecular flexibility index (Phi) is 2.43. The van der Waals surface area contributed by atoms with Crippen molar-refractivity contribution in [2.75, 3.05) is 5.73 Å². The minimum absolute atomic E-state index is 0.211. The largest absolute Gasteiger partial charge is 0.383 e. The fourth-order valence-corrected chi connectivity index (χ4v) is 1.87. The Hall–Kier alpha value is -1.45. The number of fused-ring (bicyclic) bond motifs is 1. The van der Waals surface area contributed by atoms with Gasteiger partial charge in [0.05, 0.1) is 0 Å². The third-order valence-electron chi connectivity index (χ3n) is 2.59. The summed E-state index contributed by atoms with van der Waals surface area (Å²) in [5.41, 5.74) is 7.80. The second kappa shape index (κ2) is 3.74. The standard InChI is InChI=1S/C10H13N3O/c11-10-7-4-2-1-3-5-8(7)12-9(6-14)13-10/h6H,1-5H2,(H2,11,12,13). The second-order valence-corrected chi connectivity index (χ2v) is 3.57. The van der Waals surface area contributed by atoms with E-state index < -0.39 is 0 Å². The lowest BCUT2D eigenvalue weighted by atomic mass is 10.1. The monoisotopic (exact) mass is 191 g/mol. The molecule has 1 heterocycles. The van der Waals surface area contributed by atoms with Crippen molar-refractivity contribution in [3.63, 3.8) is 0 Å². The summed E-state index contributed by atoms with van der Waals surface area (Å²) in [6, 6.07) is 0. The number of aryl methyl sites for hydroxylation is 1. The predicted molar refractivity (Wildman–Crippen MR) is 53.1 cm³/mol. The van der Waals surface area contributed by atoms with Crippen LogP contribution in [-0.2, 0) is 12.8 Å². The highest BCUT2D eigenvalue weighted by Crippen LogP contribution is 2.22. The molecule has 2 N–H and O–H groups in total. The van der Waals surface area contributed by atoms with E-state index in [0.717, 1.165) is 36.9 Å². The maximum absolute atomic E-state index is 10.5. The van der Waals surface area contributed by atoms with Crippen molar-refractivity contribution in [1.82, 2.24) is 9.97 Å². The minimum Gasteiger partial charge on any atom is -0.383 e. The Bertz CT molecular complexity index is 363. The molecule has 4 nitrogen and oxygen atoms in total. The number of anilines is 1. The summed E-state index contributed by atoms with van der Waals surface area (Å²) in [5.74, 6) is 0.696. The average molecular weight is 191 g/mol. The number of aldehydes is 1. The van der Waals surface area contributed by atoms with Crippen LogP contribution in [0.4, 0.5) is 5.82 Å². The first-order valence-corrected chi connectivity index (χ1v) is 4.91. The molecule has 1 aliphatic carbocycles. The smallest absolute Gasteiger partial charge is 0.194 e. The molecule has 1 aromatic heterocycles. The molecule has 0 spiro atoms. The summed E-state index contributed by atoms with van der Waals surface area (Å²) in [6.07, 6.45) is 5.99. The van der Waals surface area contributed by atoms with E-state index in [2.05, 4.69) is 9.97 Å². The third-order valence-corrected chi connectivity index (χ3v) is 2.59. The second-order valence-electron chi connectivity index (χ2n) is 3.57. The number of nitrogen functional groups attached to an aromatic ring is 1. The van der Waals surface area contributed by atoms with Crippen LogP contribution in [0.5, 0.6) is 0 Å². The van der Waals surface area contributed by atoms with Gasteiger partial charge < -0.3 is 5.73 Å². The van der Waals surface area contributed by atoms with E-state index in [0.29, 0.717) is 12.1 Å². The van der Waals surface area contributed by atoms with Crippen molar-refractivity contribution < 1.29 is 4.79 Å². The van der Waals surface area contributed by atoms with Crippen molar-refractivity contribution in [2.24, 2.45) is 0 Å². The van der Waals surface area contributed by atoms with Crippen molar-refractivity contribution >= 4 is 12.1 Å². The lowest BCUT2D eigenvalue weighted by Crippen LogP contribution is -2.07. The Labute approximate surface area is 82.6 Å². The van der Waals surface area contributed by atoms with Crippen molar-refractivity contribution in [3.05, 3.63) is 17.1 Å². The van der Waals surface area contributed by atoms with Crippen LogP contribution in [0.15, 0.2) is 0 Å². The van der Waals surface area contributed by atoms with Gasteiger partial charge >= 0.3 is 0 Å². The number of nitrogens with two attached hydrogens (primary N) is 1. The maximum atomic E-state index is 10.5. The number of aromatic nitrogens is 2. The van der Waals surface area contributed by atoms with Crippen LogP contribution in [0.1, 0.15) is 41.1 Å². The quantitative estimate of drug-likeness (QED) is 0.534. The summed E-state index contributed by atoms with van der Waals surface area (Å²) in [4.78, 5) is 18.7. The SMILES string of the molecule is Nc1nc(C=O)nc2c1CCCCC2. The molecule has 0 atom stereocenters. The van der Waals surface area contributed by atoms with Crippen molar-refractivity contribution in [1.29, 1.82) is 0 Å². The highest BCUT2D eigenvalue weighted by atomic mass is 16.1. The van der Waals surface area contributed by atoms with Gasteiger partial charge in [0.15, 0.2) is 12.1 Å². The topological polar surface area (TPSA) is 68.9 Å². The van der Waals surface area contributed by atoms with Crippen LogP contribution < -0.4 is 5.73 Å².